The Labute approximate surface area is 212 Å². The average molecular weight is 522 g/mol. The Morgan fingerprint density at radius 2 is 1.75 bits per heavy atom. The molecule has 0 bridgehead atoms. The maximum atomic E-state index is 13.1. The van der Waals surface area contributed by atoms with Gasteiger partial charge in [0.25, 0.3) is 15.9 Å². The van der Waals surface area contributed by atoms with Crippen LogP contribution in [0.1, 0.15) is 54.9 Å². The summed E-state index contributed by atoms with van der Waals surface area (Å²) in [5.41, 5.74) is 5.79. The molecule has 198 valence electrons. The number of amides is 2. The van der Waals surface area contributed by atoms with Crippen LogP contribution in [0, 0.1) is 5.92 Å². The third-order valence-electron chi connectivity index (χ3n) is 4.47. The summed E-state index contributed by atoms with van der Waals surface area (Å²) >= 11 is 0. The average Bonchev–Trinajstić information content (AvgIpc) is 2.70. The molecule has 2 rings (SSSR count). The molecule has 0 saturated carbocycles. The predicted molar refractivity (Wildman–Crippen MR) is 136 cm³/mol. The van der Waals surface area contributed by atoms with Gasteiger partial charge in [-0.25, -0.2) is 22.9 Å². The number of rotatable bonds is 9. The van der Waals surface area contributed by atoms with E-state index in [1.165, 1.54) is 18.2 Å². The van der Waals surface area contributed by atoms with E-state index in [0.29, 0.717) is 11.3 Å². The highest BCUT2D eigenvalue weighted by atomic mass is 32.2. The summed E-state index contributed by atoms with van der Waals surface area (Å²) in [7, 11) is -4.28. The fraction of sp³-hybridized carbons (Fsp3) is 0.500. The number of nitrogens with zero attached hydrogens (tertiary/aromatic N) is 2. The summed E-state index contributed by atoms with van der Waals surface area (Å²) in [5, 5.41) is 2.46. The highest BCUT2D eigenvalue weighted by Crippen LogP contribution is 2.25. The molecule has 1 aromatic heterocycles. The van der Waals surface area contributed by atoms with Crippen molar-refractivity contribution in [1.82, 2.24) is 20.0 Å². The standard InChI is InChI=1S/C24H35N5O6S/c1-14(2)11-19(27-23(31)35-24(5,6)7)21(30)29-36(32,33)17-10-8-9-16(12-17)18-13-20(34-15(3)4)28-22(25)26-18/h8-10,12-15,19H,11H2,1-7H3,(H,27,31)(H,29,30)(H2,25,26,28)/t19-/m0/s1. The van der Waals surface area contributed by atoms with Gasteiger partial charge in [0.15, 0.2) is 0 Å². The Hall–Kier alpha value is -3.41. The van der Waals surface area contributed by atoms with Crippen molar-refractivity contribution >= 4 is 28.0 Å². The molecule has 0 aliphatic heterocycles. The molecule has 12 heteroatoms. The molecule has 1 atom stereocenters. The quantitative estimate of drug-likeness (QED) is 0.449. The van der Waals surface area contributed by atoms with Crippen molar-refractivity contribution in [1.29, 1.82) is 0 Å². The van der Waals surface area contributed by atoms with Gasteiger partial charge in [-0.1, -0.05) is 26.0 Å². The van der Waals surface area contributed by atoms with Crippen LogP contribution < -0.4 is 20.5 Å². The number of benzene rings is 1. The van der Waals surface area contributed by atoms with Gasteiger partial charge >= 0.3 is 6.09 Å². The second-order valence-corrected chi connectivity index (χ2v) is 11.6. The SMILES string of the molecule is CC(C)C[C@H](NC(=O)OC(C)(C)C)C(=O)NS(=O)(=O)c1cccc(-c2cc(OC(C)C)nc(N)n2)c1. The molecule has 2 amide bonds. The highest BCUT2D eigenvalue weighted by Gasteiger charge is 2.29. The second kappa shape index (κ2) is 11.5. The third-order valence-corrected chi connectivity index (χ3v) is 5.81. The van der Waals surface area contributed by atoms with Crippen LogP contribution in [0.4, 0.5) is 10.7 Å². The van der Waals surface area contributed by atoms with Crippen molar-refractivity contribution in [3.05, 3.63) is 30.3 Å². The Kier molecular flexibility index (Phi) is 9.25. The molecule has 1 aromatic carbocycles. The van der Waals surface area contributed by atoms with Crippen LogP contribution in [0.2, 0.25) is 0 Å². The Bertz CT molecular complexity index is 1190. The van der Waals surface area contributed by atoms with E-state index < -0.39 is 33.7 Å². The van der Waals surface area contributed by atoms with E-state index in [-0.39, 0.29) is 35.2 Å². The van der Waals surface area contributed by atoms with Crippen molar-refractivity contribution in [2.24, 2.45) is 5.92 Å². The largest absolute Gasteiger partial charge is 0.475 e. The molecule has 0 saturated heterocycles. The Balaban J connectivity index is 2.29. The number of carbonyl (C=O) groups is 2. The van der Waals surface area contributed by atoms with E-state index in [2.05, 4.69) is 20.0 Å². The number of ether oxygens (including phenoxy) is 2. The van der Waals surface area contributed by atoms with Gasteiger partial charge < -0.3 is 20.5 Å². The molecule has 36 heavy (non-hydrogen) atoms. The summed E-state index contributed by atoms with van der Waals surface area (Å²) < 4.78 is 38.9. The fourth-order valence-corrected chi connectivity index (χ4v) is 4.20. The van der Waals surface area contributed by atoms with Gasteiger partial charge in [-0.05, 0) is 59.1 Å². The van der Waals surface area contributed by atoms with Gasteiger partial charge in [-0.2, -0.15) is 4.98 Å². The first-order chi connectivity index (χ1) is 16.6. The van der Waals surface area contributed by atoms with E-state index in [4.69, 9.17) is 15.2 Å². The topological polar surface area (TPSA) is 163 Å². The van der Waals surface area contributed by atoms with Crippen LogP contribution in [0.3, 0.4) is 0 Å². The van der Waals surface area contributed by atoms with Gasteiger partial charge in [0.05, 0.1) is 16.7 Å². The predicted octanol–water partition coefficient (Wildman–Crippen LogP) is 3.26. The zero-order valence-electron chi connectivity index (χ0n) is 21.7. The number of anilines is 1. The van der Waals surface area contributed by atoms with Crippen LogP contribution in [-0.2, 0) is 19.6 Å². The number of nitrogens with one attached hydrogen (secondary N) is 2. The molecular weight excluding hydrogens is 486 g/mol. The molecule has 0 aliphatic carbocycles. The molecule has 1 heterocycles. The van der Waals surface area contributed by atoms with Crippen LogP contribution >= 0.6 is 0 Å². The van der Waals surface area contributed by atoms with Crippen molar-refractivity contribution in [2.75, 3.05) is 5.73 Å². The van der Waals surface area contributed by atoms with Gasteiger partial charge in [0.2, 0.25) is 11.8 Å². The van der Waals surface area contributed by atoms with Crippen LogP contribution in [0.5, 0.6) is 5.88 Å². The summed E-state index contributed by atoms with van der Waals surface area (Å²) in [6, 6.07) is 6.29. The zero-order valence-corrected chi connectivity index (χ0v) is 22.5. The Morgan fingerprint density at radius 3 is 2.33 bits per heavy atom. The number of carbonyl (C=O) groups excluding carboxylic acids is 2. The van der Waals surface area contributed by atoms with E-state index in [1.54, 1.807) is 32.9 Å². The van der Waals surface area contributed by atoms with E-state index in [0.717, 1.165) is 0 Å². The minimum atomic E-state index is -4.28. The third kappa shape index (κ3) is 8.99. The molecule has 0 aliphatic rings. The van der Waals surface area contributed by atoms with Gasteiger partial charge in [-0.3, -0.25) is 4.79 Å². The summed E-state index contributed by atoms with van der Waals surface area (Å²) in [6.45, 7) is 12.4. The normalized spacial score (nSPS) is 12.8. The molecular formula is C24H35N5O6S. The molecule has 0 radical (unpaired) electrons. The Morgan fingerprint density at radius 1 is 1.08 bits per heavy atom. The number of nitrogen functional groups attached to an aromatic ring is 1. The van der Waals surface area contributed by atoms with E-state index in [1.807, 2.05) is 27.7 Å². The first-order valence-corrected chi connectivity index (χ1v) is 13.0. The molecule has 0 spiro atoms. The lowest BCUT2D eigenvalue weighted by Gasteiger charge is -2.24. The number of sulfonamides is 1. The molecule has 0 fully saturated rings. The van der Waals surface area contributed by atoms with E-state index in [9.17, 15) is 18.0 Å². The molecule has 11 nitrogen and oxygen atoms in total. The van der Waals surface area contributed by atoms with Crippen molar-refractivity contribution < 1.29 is 27.5 Å². The number of aromatic nitrogens is 2. The van der Waals surface area contributed by atoms with E-state index >= 15 is 0 Å². The zero-order chi connectivity index (χ0) is 27.3. The lowest BCUT2D eigenvalue weighted by atomic mass is 10.0. The summed E-state index contributed by atoms with van der Waals surface area (Å²) in [6.07, 6.45) is -0.759. The number of hydrogen-bond acceptors (Lipinski definition) is 9. The van der Waals surface area contributed by atoms with Gasteiger partial charge in [0, 0.05) is 11.6 Å². The number of hydrogen-bond donors (Lipinski definition) is 3. The minimum Gasteiger partial charge on any atom is -0.475 e. The van der Waals surface area contributed by atoms with Crippen molar-refractivity contribution in [3.8, 4) is 17.1 Å². The first kappa shape index (κ1) is 28.8. The lowest BCUT2D eigenvalue weighted by Crippen LogP contribution is -2.50. The summed E-state index contributed by atoms with van der Waals surface area (Å²) in [5.74, 6) is -0.667. The van der Waals surface area contributed by atoms with Crippen molar-refractivity contribution in [2.45, 2.75) is 77.5 Å². The number of nitrogens with two attached hydrogens (primary N) is 1. The summed E-state index contributed by atoms with van der Waals surface area (Å²) in [4.78, 5) is 33.1. The lowest BCUT2D eigenvalue weighted by molar-refractivity contribution is -0.121. The van der Waals surface area contributed by atoms with Crippen LogP contribution in [0.15, 0.2) is 35.2 Å². The monoisotopic (exact) mass is 521 g/mol. The first-order valence-electron chi connectivity index (χ1n) is 11.5. The highest BCUT2D eigenvalue weighted by molar-refractivity contribution is 7.90. The number of alkyl carbamates (subject to hydrolysis) is 1. The van der Waals surface area contributed by atoms with Crippen molar-refractivity contribution in [3.63, 3.8) is 0 Å². The maximum Gasteiger partial charge on any atom is 0.408 e. The smallest absolute Gasteiger partial charge is 0.408 e. The van der Waals surface area contributed by atoms with Crippen LogP contribution in [0.25, 0.3) is 11.3 Å². The molecule has 4 N–H and O–H groups in total. The van der Waals surface area contributed by atoms with Gasteiger partial charge in [0.1, 0.15) is 11.6 Å². The van der Waals surface area contributed by atoms with Crippen LogP contribution in [-0.4, -0.2) is 48.1 Å². The molecule has 0 unspecified atom stereocenters. The fourth-order valence-electron chi connectivity index (χ4n) is 3.13. The maximum absolute atomic E-state index is 13.1. The second-order valence-electron chi connectivity index (χ2n) is 9.94. The van der Waals surface area contributed by atoms with Gasteiger partial charge in [-0.15, -0.1) is 0 Å². The molecule has 2 aromatic rings. The minimum absolute atomic E-state index is 0.00723.